The number of hydrogen-bond acceptors (Lipinski definition) is 2. The van der Waals surface area contributed by atoms with Gasteiger partial charge in [-0.05, 0) is 30.2 Å². The van der Waals surface area contributed by atoms with Crippen LogP contribution in [0, 0.1) is 0 Å². The largest absolute Gasteiger partial charge is 0.361 e. The minimum atomic E-state index is -0.670. The monoisotopic (exact) mass is 435 g/mol. The number of nitrogens with one attached hydrogen (secondary N) is 2. The van der Waals surface area contributed by atoms with Crippen molar-refractivity contribution in [3.8, 4) is 0 Å². The van der Waals surface area contributed by atoms with E-state index in [1.54, 1.807) is 13.0 Å². The number of carbonyl (C=O) groups excluding carboxylic acids is 2. The van der Waals surface area contributed by atoms with Crippen molar-refractivity contribution >= 4 is 28.4 Å². The van der Waals surface area contributed by atoms with Gasteiger partial charge in [0.05, 0.1) is 0 Å². The predicted octanol–water partition coefficient (Wildman–Crippen LogP) is 4.93. The first kappa shape index (κ1) is 20.8. The van der Waals surface area contributed by atoms with Crippen molar-refractivity contribution < 1.29 is 9.59 Å². The van der Waals surface area contributed by atoms with Crippen LogP contribution in [-0.2, 0) is 4.79 Å². The lowest BCUT2D eigenvalue weighted by atomic mass is 9.91. The Balaban J connectivity index is 1.38. The van der Waals surface area contributed by atoms with Crippen LogP contribution in [-0.4, -0.2) is 34.3 Å². The van der Waals surface area contributed by atoms with E-state index < -0.39 is 6.04 Å². The van der Waals surface area contributed by atoms with Crippen molar-refractivity contribution in [1.82, 2.24) is 15.2 Å². The van der Waals surface area contributed by atoms with Crippen LogP contribution in [0.4, 0.5) is 0 Å². The molecule has 0 fully saturated rings. The highest BCUT2D eigenvalue weighted by Crippen LogP contribution is 2.33. The molecule has 5 rings (SSSR count). The van der Waals surface area contributed by atoms with Crippen LogP contribution >= 0.6 is 0 Å². The van der Waals surface area contributed by atoms with Gasteiger partial charge in [-0.2, -0.15) is 0 Å². The molecule has 2 N–H and O–H groups in total. The van der Waals surface area contributed by atoms with Gasteiger partial charge in [0.15, 0.2) is 0 Å². The molecular formula is C28H25N3O2. The van der Waals surface area contributed by atoms with Crippen LogP contribution in [0.15, 0.2) is 91.6 Å². The van der Waals surface area contributed by atoms with Crippen molar-refractivity contribution in [2.24, 2.45) is 0 Å². The number of H-pyrrole nitrogens is 1. The van der Waals surface area contributed by atoms with Crippen LogP contribution in [0.1, 0.15) is 39.9 Å². The van der Waals surface area contributed by atoms with Crippen molar-refractivity contribution in [3.63, 3.8) is 0 Å². The fourth-order valence-electron chi connectivity index (χ4n) is 4.66. The molecular weight excluding hydrogens is 410 g/mol. The number of benzene rings is 3. The lowest BCUT2D eigenvalue weighted by molar-refractivity contribution is -0.124. The maximum absolute atomic E-state index is 13.2. The summed E-state index contributed by atoms with van der Waals surface area (Å²) in [4.78, 5) is 30.9. The number of nitrogens with zero attached hydrogens (tertiary/aromatic N) is 1. The Bertz CT molecular complexity index is 1320. The zero-order chi connectivity index (χ0) is 22.9. The van der Waals surface area contributed by atoms with E-state index in [9.17, 15) is 9.59 Å². The third-order valence-electron chi connectivity index (χ3n) is 6.42. The number of para-hydroxylation sites is 1. The number of fused-ring (bicyclic) bond motifs is 2. The molecule has 5 heteroatoms. The number of carbonyl (C=O) groups is 2. The first-order valence-electron chi connectivity index (χ1n) is 11.1. The first-order chi connectivity index (χ1) is 16.1. The Morgan fingerprint density at radius 2 is 1.64 bits per heavy atom. The van der Waals surface area contributed by atoms with Gasteiger partial charge in [0.25, 0.3) is 5.91 Å². The highest BCUT2D eigenvalue weighted by Gasteiger charge is 2.36. The van der Waals surface area contributed by atoms with E-state index in [0.29, 0.717) is 17.8 Å². The summed E-state index contributed by atoms with van der Waals surface area (Å²) in [6.45, 7) is 6.23. The molecule has 0 bridgehead atoms. The van der Waals surface area contributed by atoms with Gasteiger partial charge in [-0.15, -0.1) is 0 Å². The molecule has 0 aliphatic carbocycles. The minimum absolute atomic E-state index is 0.0341. The molecule has 0 spiro atoms. The first-order valence-corrected chi connectivity index (χ1v) is 11.1. The van der Waals surface area contributed by atoms with Gasteiger partial charge in [-0.25, -0.2) is 0 Å². The number of amides is 2. The van der Waals surface area contributed by atoms with Gasteiger partial charge in [0.1, 0.15) is 6.04 Å². The Morgan fingerprint density at radius 1 is 0.970 bits per heavy atom. The summed E-state index contributed by atoms with van der Waals surface area (Å²) in [5, 5.41) is 4.22. The summed E-state index contributed by atoms with van der Waals surface area (Å²) in [6.07, 6.45) is 2.01. The summed E-state index contributed by atoms with van der Waals surface area (Å²) >= 11 is 0. The number of aromatic amines is 1. The second-order valence-electron chi connectivity index (χ2n) is 8.34. The molecule has 5 nitrogen and oxygen atoms in total. The van der Waals surface area contributed by atoms with E-state index in [2.05, 4.69) is 35.1 Å². The summed E-state index contributed by atoms with van der Waals surface area (Å²) in [5.74, 6) is -0.430. The molecule has 3 aromatic carbocycles. The number of aromatic nitrogens is 1. The zero-order valence-electron chi connectivity index (χ0n) is 18.4. The highest BCUT2D eigenvalue weighted by atomic mass is 16.2. The van der Waals surface area contributed by atoms with Crippen LogP contribution in [0.2, 0.25) is 0 Å². The van der Waals surface area contributed by atoms with Crippen molar-refractivity contribution in [1.29, 1.82) is 0 Å². The maximum Gasteiger partial charge on any atom is 0.259 e. The molecule has 1 aromatic heterocycles. The summed E-state index contributed by atoms with van der Waals surface area (Å²) in [5.41, 5.74) is 5.23. The van der Waals surface area contributed by atoms with E-state index in [1.807, 2.05) is 60.8 Å². The zero-order valence-corrected chi connectivity index (χ0v) is 18.4. The minimum Gasteiger partial charge on any atom is -0.361 e. The number of hydrogen-bond donors (Lipinski definition) is 2. The van der Waals surface area contributed by atoms with Crippen LogP contribution in [0.3, 0.4) is 0 Å². The van der Waals surface area contributed by atoms with E-state index in [0.717, 1.165) is 27.6 Å². The lowest BCUT2D eigenvalue weighted by Gasteiger charge is -2.26. The predicted molar refractivity (Wildman–Crippen MR) is 131 cm³/mol. The summed E-state index contributed by atoms with van der Waals surface area (Å²) in [6, 6.07) is 25.0. The lowest BCUT2D eigenvalue weighted by Crippen LogP contribution is -2.45. The maximum atomic E-state index is 13.2. The highest BCUT2D eigenvalue weighted by molar-refractivity contribution is 6.10. The quantitative estimate of drug-likeness (QED) is 0.451. The van der Waals surface area contributed by atoms with Crippen LogP contribution in [0.5, 0.6) is 0 Å². The molecule has 0 saturated heterocycles. The molecule has 2 atom stereocenters. The molecule has 0 unspecified atom stereocenters. The van der Waals surface area contributed by atoms with Crippen LogP contribution in [0.25, 0.3) is 16.6 Å². The molecule has 2 heterocycles. The molecule has 1 aliphatic rings. The van der Waals surface area contributed by atoms with E-state index in [4.69, 9.17) is 0 Å². The fourth-order valence-corrected chi connectivity index (χ4v) is 4.66. The van der Waals surface area contributed by atoms with Gasteiger partial charge in [0.2, 0.25) is 5.91 Å². The molecule has 4 aromatic rings. The summed E-state index contributed by atoms with van der Waals surface area (Å²) < 4.78 is 0. The molecule has 2 amide bonds. The van der Waals surface area contributed by atoms with Gasteiger partial charge in [0, 0.05) is 46.4 Å². The number of rotatable bonds is 6. The Hall–Kier alpha value is -4.12. The third-order valence-corrected chi connectivity index (χ3v) is 6.42. The smallest absolute Gasteiger partial charge is 0.259 e. The normalized spacial score (nSPS) is 14.9. The van der Waals surface area contributed by atoms with Crippen molar-refractivity contribution in [2.45, 2.75) is 18.9 Å². The van der Waals surface area contributed by atoms with Gasteiger partial charge in [-0.1, -0.05) is 73.3 Å². The van der Waals surface area contributed by atoms with Gasteiger partial charge < -0.3 is 10.3 Å². The molecule has 33 heavy (non-hydrogen) atoms. The average molecular weight is 436 g/mol. The standard InChI is InChI=1S/C28H25N3O2/c1-18-21-12-6-7-14-23(21)28(33)31(18)19(2)27(32)30-16-24(20-10-4-3-5-11-20)25-17-29-26-15-9-8-13-22(25)26/h3-15,17,19,24,29H,1,16H2,2H3,(H,30,32)/t19-,24-/m1/s1. The Morgan fingerprint density at radius 3 is 2.39 bits per heavy atom. The van der Waals surface area contributed by atoms with E-state index >= 15 is 0 Å². The molecule has 0 radical (unpaired) electrons. The topological polar surface area (TPSA) is 65.2 Å². The molecule has 1 aliphatic heterocycles. The fraction of sp³-hybridized carbons (Fsp3) is 0.143. The van der Waals surface area contributed by atoms with Crippen molar-refractivity contribution in [2.75, 3.05) is 6.54 Å². The Kier molecular flexibility index (Phi) is 5.31. The average Bonchev–Trinajstić information content (AvgIpc) is 3.39. The van der Waals surface area contributed by atoms with E-state index in [1.165, 1.54) is 4.90 Å². The van der Waals surface area contributed by atoms with Crippen molar-refractivity contribution in [3.05, 3.63) is 114 Å². The van der Waals surface area contributed by atoms with Gasteiger partial charge in [-0.3, -0.25) is 14.5 Å². The van der Waals surface area contributed by atoms with Gasteiger partial charge >= 0.3 is 0 Å². The molecule has 164 valence electrons. The molecule has 0 saturated carbocycles. The SMILES string of the molecule is C=C1c2ccccc2C(=O)N1[C@H](C)C(=O)NC[C@H](c1ccccc1)c1c[nH]c2ccccc12. The second-order valence-corrected chi connectivity index (χ2v) is 8.34. The van der Waals surface area contributed by atoms with E-state index in [-0.39, 0.29) is 17.7 Å². The summed E-state index contributed by atoms with van der Waals surface area (Å²) in [7, 11) is 0. The van der Waals surface area contributed by atoms with Crippen LogP contribution < -0.4 is 5.32 Å². The third kappa shape index (κ3) is 3.61. The second kappa shape index (κ2) is 8.43. The Labute approximate surface area is 192 Å².